The van der Waals surface area contributed by atoms with E-state index >= 15 is 0 Å². The minimum atomic E-state index is -4.65. The quantitative estimate of drug-likeness (QED) is 0.560. The van der Waals surface area contributed by atoms with Crippen molar-refractivity contribution in [1.29, 1.82) is 0 Å². The first kappa shape index (κ1) is 20.4. The standard InChI is InChI=1S/C20H18F4N4O/c1-3-29-14-7-5-13(6-8-14)28-19-17(25)18(26-11(2)27-19)15-9-4-12(10-16(15)21)20(22,23)24/h4-10H,3,25H2,1-2H3,(H,26,27,28). The van der Waals surface area contributed by atoms with E-state index in [1.54, 1.807) is 31.2 Å². The van der Waals surface area contributed by atoms with Gasteiger partial charge in [0.1, 0.15) is 28.8 Å². The third-order valence-electron chi connectivity index (χ3n) is 4.04. The number of rotatable bonds is 5. The van der Waals surface area contributed by atoms with Crippen molar-refractivity contribution in [2.75, 3.05) is 17.7 Å². The molecular formula is C20H18F4N4O. The monoisotopic (exact) mass is 406 g/mol. The smallest absolute Gasteiger partial charge is 0.416 e. The third kappa shape index (κ3) is 4.56. The first-order valence-electron chi connectivity index (χ1n) is 8.70. The van der Waals surface area contributed by atoms with E-state index in [0.717, 1.165) is 12.1 Å². The van der Waals surface area contributed by atoms with Gasteiger partial charge in [0, 0.05) is 11.3 Å². The maximum Gasteiger partial charge on any atom is 0.416 e. The van der Waals surface area contributed by atoms with E-state index in [4.69, 9.17) is 10.5 Å². The van der Waals surface area contributed by atoms with Crippen LogP contribution < -0.4 is 15.8 Å². The van der Waals surface area contributed by atoms with E-state index in [1.165, 1.54) is 0 Å². The normalized spacial score (nSPS) is 11.4. The first-order valence-corrected chi connectivity index (χ1v) is 8.70. The lowest BCUT2D eigenvalue weighted by Crippen LogP contribution is -2.08. The van der Waals surface area contributed by atoms with E-state index in [-0.39, 0.29) is 28.6 Å². The van der Waals surface area contributed by atoms with Crippen LogP contribution in [0, 0.1) is 12.7 Å². The Bertz CT molecular complexity index is 1020. The fraction of sp³-hybridized carbons (Fsp3) is 0.200. The summed E-state index contributed by atoms with van der Waals surface area (Å²) in [6, 6.07) is 9.23. The Morgan fingerprint density at radius 1 is 1.07 bits per heavy atom. The summed E-state index contributed by atoms with van der Waals surface area (Å²) in [5, 5.41) is 3.01. The molecule has 29 heavy (non-hydrogen) atoms. The number of hydrogen-bond donors (Lipinski definition) is 2. The number of hydrogen-bond acceptors (Lipinski definition) is 5. The average Bonchev–Trinajstić information content (AvgIpc) is 2.65. The van der Waals surface area contributed by atoms with Gasteiger partial charge in [-0.2, -0.15) is 13.2 Å². The predicted octanol–water partition coefficient (Wildman–Crippen LogP) is 5.33. The number of anilines is 3. The molecule has 9 heteroatoms. The molecule has 3 N–H and O–H groups in total. The molecule has 152 valence electrons. The van der Waals surface area contributed by atoms with Crippen molar-refractivity contribution in [2.45, 2.75) is 20.0 Å². The van der Waals surface area contributed by atoms with E-state index in [1.807, 2.05) is 6.92 Å². The molecule has 1 aromatic heterocycles. The molecule has 0 aliphatic heterocycles. The maximum absolute atomic E-state index is 14.4. The Kier molecular flexibility index (Phi) is 5.58. The van der Waals surface area contributed by atoms with Crippen molar-refractivity contribution >= 4 is 17.2 Å². The van der Waals surface area contributed by atoms with Gasteiger partial charge in [0.2, 0.25) is 0 Å². The Balaban J connectivity index is 1.97. The number of ether oxygens (including phenoxy) is 1. The number of benzene rings is 2. The molecule has 0 atom stereocenters. The van der Waals surface area contributed by atoms with Crippen molar-refractivity contribution < 1.29 is 22.3 Å². The zero-order valence-electron chi connectivity index (χ0n) is 15.6. The van der Waals surface area contributed by atoms with Gasteiger partial charge in [-0.1, -0.05) is 0 Å². The van der Waals surface area contributed by atoms with Gasteiger partial charge in [0.15, 0.2) is 5.82 Å². The van der Waals surface area contributed by atoms with Crippen LogP contribution in [0.5, 0.6) is 5.75 Å². The summed E-state index contributed by atoms with van der Waals surface area (Å²) in [5.74, 6) is 0.118. The van der Waals surface area contributed by atoms with Crippen LogP contribution in [0.4, 0.5) is 34.8 Å². The van der Waals surface area contributed by atoms with Gasteiger partial charge < -0.3 is 15.8 Å². The molecule has 0 radical (unpaired) electrons. The fourth-order valence-corrected chi connectivity index (χ4v) is 2.70. The second-order valence-electron chi connectivity index (χ2n) is 6.16. The number of nitrogens with zero attached hydrogens (tertiary/aromatic N) is 2. The molecule has 3 rings (SSSR count). The van der Waals surface area contributed by atoms with Gasteiger partial charge in [-0.25, -0.2) is 14.4 Å². The highest BCUT2D eigenvalue weighted by atomic mass is 19.4. The molecule has 3 aromatic rings. The summed E-state index contributed by atoms with van der Waals surface area (Å²) in [4.78, 5) is 8.34. The van der Waals surface area contributed by atoms with Crippen LogP contribution in [-0.4, -0.2) is 16.6 Å². The van der Waals surface area contributed by atoms with Gasteiger partial charge in [0.25, 0.3) is 0 Å². The maximum atomic E-state index is 14.4. The number of halogens is 4. The van der Waals surface area contributed by atoms with Crippen LogP contribution in [0.25, 0.3) is 11.3 Å². The highest BCUT2D eigenvalue weighted by molar-refractivity contribution is 5.83. The molecular weight excluding hydrogens is 388 g/mol. The minimum Gasteiger partial charge on any atom is -0.494 e. The van der Waals surface area contributed by atoms with Crippen molar-refractivity contribution in [2.24, 2.45) is 0 Å². The molecule has 0 aliphatic rings. The third-order valence-corrected chi connectivity index (χ3v) is 4.04. The van der Waals surface area contributed by atoms with Crippen molar-refractivity contribution in [1.82, 2.24) is 9.97 Å². The fourth-order valence-electron chi connectivity index (χ4n) is 2.70. The second kappa shape index (κ2) is 7.94. The highest BCUT2D eigenvalue weighted by Crippen LogP contribution is 2.36. The number of nitrogens with one attached hydrogen (secondary N) is 1. The van der Waals surface area contributed by atoms with Gasteiger partial charge in [-0.15, -0.1) is 0 Å². The van der Waals surface area contributed by atoms with Crippen LogP contribution in [0.2, 0.25) is 0 Å². The summed E-state index contributed by atoms with van der Waals surface area (Å²) in [7, 11) is 0. The van der Waals surface area contributed by atoms with Gasteiger partial charge in [0.05, 0.1) is 12.2 Å². The van der Waals surface area contributed by atoms with E-state index in [9.17, 15) is 17.6 Å². The van der Waals surface area contributed by atoms with Gasteiger partial charge in [-0.3, -0.25) is 0 Å². The second-order valence-corrected chi connectivity index (χ2v) is 6.16. The zero-order valence-corrected chi connectivity index (χ0v) is 15.6. The van der Waals surface area contributed by atoms with E-state index in [0.29, 0.717) is 24.1 Å². The highest BCUT2D eigenvalue weighted by Gasteiger charge is 2.31. The van der Waals surface area contributed by atoms with Crippen LogP contribution in [-0.2, 0) is 6.18 Å². The molecule has 0 fully saturated rings. The molecule has 0 unspecified atom stereocenters. The number of aromatic nitrogens is 2. The number of nitrogen functional groups attached to an aromatic ring is 1. The lowest BCUT2D eigenvalue weighted by Gasteiger charge is -2.14. The number of aryl methyl sites for hydroxylation is 1. The zero-order chi connectivity index (χ0) is 21.2. The SMILES string of the molecule is CCOc1ccc(Nc2nc(C)nc(-c3ccc(C(F)(F)F)cc3F)c2N)cc1. The van der Waals surface area contributed by atoms with Gasteiger partial charge >= 0.3 is 6.18 Å². The molecule has 0 spiro atoms. The summed E-state index contributed by atoms with van der Waals surface area (Å²) >= 11 is 0. The van der Waals surface area contributed by atoms with Crippen molar-refractivity contribution in [3.05, 3.63) is 59.7 Å². The summed E-state index contributed by atoms with van der Waals surface area (Å²) in [5.41, 5.74) is 5.55. The lowest BCUT2D eigenvalue weighted by atomic mass is 10.1. The Labute approximate surface area is 164 Å². The molecule has 1 heterocycles. The molecule has 0 saturated carbocycles. The summed E-state index contributed by atoms with van der Waals surface area (Å²) in [6.07, 6.45) is -4.65. The Hall–Kier alpha value is -3.36. The average molecular weight is 406 g/mol. The van der Waals surface area contributed by atoms with E-state index in [2.05, 4.69) is 15.3 Å². The number of nitrogens with two attached hydrogens (primary N) is 1. The Morgan fingerprint density at radius 2 is 1.76 bits per heavy atom. The van der Waals surface area contributed by atoms with Crippen LogP contribution in [0.1, 0.15) is 18.3 Å². The molecule has 2 aromatic carbocycles. The summed E-state index contributed by atoms with van der Waals surface area (Å²) < 4.78 is 58.2. The van der Waals surface area contributed by atoms with Crippen molar-refractivity contribution in [3.63, 3.8) is 0 Å². The molecule has 0 aliphatic carbocycles. The van der Waals surface area contributed by atoms with E-state index < -0.39 is 17.6 Å². The predicted molar refractivity (Wildman–Crippen MR) is 102 cm³/mol. The molecule has 0 bridgehead atoms. The number of alkyl halides is 3. The van der Waals surface area contributed by atoms with Crippen LogP contribution >= 0.6 is 0 Å². The van der Waals surface area contributed by atoms with Crippen LogP contribution in [0.15, 0.2) is 42.5 Å². The summed E-state index contributed by atoms with van der Waals surface area (Å²) in [6.45, 7) is 3.99. The topological polar surface area (TPSA) is 73.1 Å². The minimum absolute atomic E-state index is 0.0113. The molecule has 0 amide bonds. The van der Waals surface area contributed by atoms with Crippen molar-refractivity contribution in [3.8, 4) is 17.0 Å². The molecule has 0 saturated heterocycles. The largest absolute Gasteiger partial charge is 0.494 e. The molecule has 5 nitrogen and oxygen atoms in total. The lowest BCUT2D eigenvalue weighted by molar-refractivity contribution is -0.137. The first-order chi connectivity index (χ1) is 13.7. The van der Waals surface area contributed by atoms with Gasteiger partial charge in [-0.05, 0) is 56.3 Å². The van der Waals surface area contributed by atoms with Crippen LogP contribution in [0.3, 0.4) is 0 Å². The Morgan fingerprint density at radius 3 is 2.34 bits per heavy atom.